The van der Waals surface area contributed by atoms with Crippen molar-refractivity contribution < 1.29 is 0 Å². The average molecular weight is 249 g/mol. The van der Waals surface area contributed by atoms with Crippen molar-refractivity contribution in [2.75, 3.05) is 5.43 Å². The van der Waals surface area contributed by atoms with Gasteiger partial charge in [0.1, 0.15) is 6.33 Å². The van der Waals surface area contributed by atoms with Crippen LogP contribution in [0.25, 0.3) is 0 Å². The molecule has 82 valence electrons. The molecule has 1 N–H and O–H groups in total. The van der Waals surface area contributed by atoms with Gasteiger partial charge in [-0.2, -0.15) is 0 Å². The fourth-order valence-corrected chi connectivity index (χ4v) is 2.13. The van der Waals surface area contributed by atoms with Crippen LogP contribution in [-0.2, 0) is 5.75 Å². The maximum atomic E-state index is 5.20. The highest BCUT2D eigenvalue weighted by Crippen LogP contribution is 2.12. The van der Waals surface area contributed by atoms with Crippen molar-refractivity contribution in [2.45, 2.75) is 5.75 Å². The van der Waals surface area contributed by atoms with Crippen LogP contribution >= 0.6 is 24.0 Å². The van der Waals surface area contributed by atoms with E-state index in [0.717, 1.165) is 10.1 Å². The van der Waals surface area contributed by atoms with Crippen molar-refractivity contribution in [3.63, 3.8) is 0 Å². The molecule has 2 rings (SSSR count). The van der Waals surface area contributed by atoms with E-state index in [1.807, 2.05) is 24.4 Å². The molecule has 0 unspecified atom stereocenters. The van der Waals surface area contributed by atoms with Crippen molar-refractivity contribution in [1.82, 2.24) is 9.66 Å². The molecule has 5 heteroatoms. The van der Waals surface area contributed by atoms with Crippen LogP contribution in [0, 0.1) is 0 Å². The van der Waals surface area contributed by atoms with Gasteiger partial charge in [0.15, 0.2) is 4.32 Å². The van der Waals surface area contributed by atoms with Crippen molar-refractivity contribution >= 4 is 28.3 Å². The summed E-state index contributed by atoms with van der Waals surface area (Å²) in [6, 6.07) is 10.3. The van der Waals surface area contributed by atoms with Gasteiger partial charge in [-0.15, -0.1) is 0 Å². The first-order valence-electron chi connectivity index (χ1n) is 4.80. The highest BCUT2D eigenvalue weighted by atomic mass is 32.2. The lowest BCUT2D eigenvalue weighted by atomic mass is 10.2. The monoisotopic (exact) mass is 249 g/mol. The van der Waals surface area contributed by atoms with Crippen molar-refractivity contribution in [3.8, 4) is 0 Å². The Bertz CT molecular complexity index is 440. The van der Waals surface area contributed by atoms with E-state index in [0.29, 0.717) is 0 Å². The lowest BCUT2D eigenvalue weighted by Crippen LogP contribution is -2.16. The molecule has 2 aromatic rings. The summed E-state index contributed by atoms with van der Waals surface area (Å²) in [5.41, 5.74) is 4.31. The van der Waals surface area contributed by atoms with Crippen LogP contribution < -0.4 is 5.43 Å². The van der Waals surface area contributed by atoms with E-state index in [2.05, 4.69) is 22.5 Å². The Morgan fingerprint density at radius 2 is 2.19 bits per heavy atom. The van der Waals surface area contributed by atoms with Crippen LogP contribution in [0.1, 0.15) is 5.56 Å². The number of imidazole rings is 1. The number of hydrogen-bond acceptors (Lipinski definition) is 3. The zero-order valence-electron chi connectivity index (χ0n) is 8.54. The quantitative estimate of drug-likeness (QED) is 0.847. The summed E-state index contributed by atoms with van der Waals surface area (Å²) in [5, 5.41) is 0. The number of nitrogens with zero attached hydrogens (tertiary/aromatic N) is 2. The Kier molecular flexibility index (Phi) is 3.96. The van der Waals surface area contributed by atoms with E-state index in [1.165, 1.54) is 5.56 Å². The second-order valence-corrected chi connectivity index (χ2v) is 4.80. The number of nitrogens with one attached hydrogen (secondary N) is 1. The maximum absolute atomic E-state index is 5.20. The van der Waals surface area contributed by atoms with Gasteiger partial charge >= 0.3 is 0 Å². The van der Waals surface area contributed by atoms with Gasteiger partial charge in [0, 0.05) is 18.1 Å². The van der Waals surface area contributed by atoms with Gasteiger partial charge in [-0.05, 0) is 5.56 Å². The van der Waals surface area contributed by atoms with Gasteiger partial charge in [-0.1, -0.05) is 54.3 Å². The van der Waals surface area contributed by atoms with Crippen molar-refractivity contribution in [2.24, 2.45) is 0 Å². The molecular weight excluding hydrogens is 238 g/mol. The zero-order valence-corrected chi connectivity index (χ0v) is 10.2. The topological polar surface area (TPSA) is 29.9 Å². The number of thiocarbonyl (C=S) groups is 1. The molecule has 0 saturated carbocycles. The first kappa shape index (κ1) is 11.2. The molecule has 0 aliphatic carbocycles. The second-order valence-electron chi connectivity index (χ2n) is 3.14. The first-order valence-corrected chi connectivity index (χ1v) is 6.19. The third-order valence-corrected chi connectivity index (χ3v) is 3.21. The first-order chi connectivity index (χ1) is 7.84. The molecular formula is C11H11N3S2. The SMILES string of the molecule is S=C(Nn1ccnc1)SCc1ccccc1. The van der Waals surface area contributed by atoms with E-state index >= 15 is 0 Å². The molecule has 3 nitrogen and oxygen atoms in total. The molecule has 0 aliphatic heterocycles. The van der Waals surface area contributed by atoms with Crippen LogP contribution in [0.4, 0.5) is 0 Å². The summed E-state index contributed by atoms with van der Waals surface area (Å²) in [6.45, 7) is 0. The van der Waals surface area contributed by atoms with Gasteiger partial charge in [0.2, 0.25) is 0 Å². The predicted octanol–water partition coefficient (Wildman–Crippen LogP) is 2.64. The fourth-order valence-electron chi connectivity index (χ4n) is 1.19. The smallest absolute Gasteiger partial charge is 0.153 e. The van der Waals surface area contributed by atoms with Crippen molar-refractivity contribution in [3.05, 3.63) is 54.6 Å². The van der Waals surface area contributed by atoms with Crippen LogP contribution in [0.15, 0.2) is 49.1 Å². The molecule has 0 atom stereocenters. The third-order valence-electron chi connectivity index (χ3n) is 1.94. The van der Waals surface area contributed by atoms with Gasteiger partial charge in [-0.25, -0.2) is 9.66 Å². The number of thioether (sulfide) groups is 1. The molecule has 16 heavy (non-hydrogen) atoms. The average Bonchev–Trinajstić information content (AvgIpc) is 2.81. The van der Waals surface area contributed by atoms with E-state index in [1.54, 1.807) is 29.0 Å². The number of benzene rings is 1. The van der Waals surface area contributed by atoms with Gasteiger partial charge in [0.05, 0.1) is 0 Å². The van der Waals surface area contributed by atoms with E-state index in [-0.39, 0.29) is 0 Å². The van der Waals surface area contributed by atoms with E-state index in [9.17, 15) is 0 Å². The minimum atomic E-state index is 0.738. The fraction of sp³-hybridized carbons (Fsp3) is 0.0909. The summed E-state index contributed by atoms with van der Waals surface area (Å²) in [7, 11) is 0. The van der Waals surface area contributed by atoms with Crippen molar-refractivity contribution in [1.29, 1.82) is 0 Å². The van der Waals surface area contributed by atoms with Crippen LogP contribution in [0.5, 0.6) is 0 Å². The molecule has 0 saturated heterocycles. The Morgan fingerprint density at radius 1 is 1.38 bits per heavy atom. The van der Waals surface area contributed by atoms with Gasteiger partial charge < -0.3 is 0 Å². The van der Waals surface area contributed by atoms with E-state index < -0.39 is 0 Å². The third kappa shape index (κ3) is 3.36. The maximum Gasteiger partial charge on any atom is 0.153 e. The Labute approximate surface area is 104 Å². The number of aromatic nitrogens is 2. The molecule has 1 heterocycles. The number of rotatable bonds is 3. The van der Waals surface area contributed by atoms with Crippen LogP contribution in [-0.4, -0.2) is 14.0 Å². The standard InChI is InChI=1S/C11H11N3S2/c15-11(13-14-7-6-12-9-14)16-8-10-4-2-1-3-5-10/h1-7,9H,8H2,(H,13,15). The predicted molar refractivity (Wildman–Crippen MR) is 71.9 cm³/mol. The lowest BCUT2D eigenvalue weighted by molar-refractivity contribution is 0.983. The number of hydrogen-bond donors (Lipinski definition) is 1. The molecule has 0 bridgehead atoms. The zero-order chi connectivity index (χ0) is 11.2. The van der Waals surface area contributed by atoms with Crippen LogP contribution in [0.3, 0.4) is 0 Å². The Hall–Kier alpha value is -1.33. The summed E-state index contributed by atoms with van der Waals surface area (Å²) >= 11 is 6.80. The summed E-state index contributed by atoms with van der Waals surface area (Å²) in [6.07, 6.45) is 5.20. The minimum Gasteiger partial charge on any atom is -0.278 e. The molecule has 0 aliphatic rings. The van der Waals surface area contributed by atoms with Gasteiger partial charge in [0.25, 0.3) is 0 Å². The summed E-state index contributed by atoms with van der Waals surface area (Å²) in [5.74, 6) is 0.876. The van der Waals surface area contributed by atoms with Gasteiger partial charge in [-0.3, -0.25) is 5.43 Å². The minimum absolute atomic E-state index is 0.738. The summed E-state index contributed by atoms with van der Waals surface area (Å²) in [4.78, 5) is 3.93. The Balaban J connectivity index is 1.80. The Morgan fingerprint density at radius 3 is 2.88 bits per heavy atom. The molecule has 0 fully saturated rings. The molecule has 1 aromatic heterocycles. The normalized spacial score (nSPS) is 10.0. The lowest BCUT2D eigenvalue weighted by Gasteiger charge is -2.07. The largest absolute Gasteiger partial charge is 0.278 e. The van der Waals surface area contributed by atoms with E-state index in [4.69, 9.17) is 12.2 Å². The molecule has 1 aromatic carbocycles. The molecule has 0 amide bonds. The highest BCUT2D eigenvalue weighted by Gasteiger charge is 1.98. The highest BCUT2D eigenvalue weighted by molar-refractivity contribution is 8.22. The second kappa shape index (κ2) is 5.67. The van der Waals surface area contributed by atoms with Crippen LogP contribution in [0.2, 0.25) is 0 Å². The molecule has 0 radical (unpaired) electrons. The summed E-state index contributed by atoms with van der Waals surface area (Å²) < 4.78 is 2.47. The molecule has 0 spiro atoms.